The Morgan fingerprint density at radius 2 is 1.83 bits per heavy atom. The molecule has 0 unspecified atom stereocenters. The number of aromatic amines is 1. The molecule has 0 aliphatic carbocycles. The lowest BCUT2D eigenvalue weighted by Gasteiger charge is -2.29. The van der Waals surface area contributed by atoms with Crippen LogP contribution < -0.4 is 16.0 Å². The fraction of sp³-hybridized carbons (Fsp3) is 0.520. The number of benzene rings is 1. The zero-order valence-corrected chi connectivity index (χ0v) is 22.3. The smallest absolute Gasteiger partial charge is 0.328 e. The van der Waals surface area contributed by atoms with Crippen LogP contribution >= 0.6 is 23.2 Å². The maximum Gasteiger partial charge on any atom is 0.328 e. The lowest BCUT2D eigenvalue weighted by Crippen LogP contribution is -2.54. The molecule has 9 nitrogen and oxygen atoms in total. The molecule has 3 atom stereocenters. The Kier molecular flexibility index (Phi) is 8.89. The Hall–Kier alpha value is -2.78. The minimum Gasteiger partial charge on any atom is -0.467 e. The molecule has 11 heteroatoms. The highest BCUT2D eigenvalue weighted by atomic mass is 35.5. The van der Waals surface area contributed by atoms with E-state index in [4.69, 9.17) is 27.9 Å². The quantitative estimate of drug-likeness (QED) is 0.381. The molecule has 1 aromatic heterocycles. The van der Waals surface area contributed by atoms with Gasteiger partial charge in [0.25, 0.3) is 5.91 Å². The van der Waals surface area contributed by atoms with Crippen LogP contribution in [0.15, 0.2) is 18.2 Å². The number of carbonyl (C=O) groups is 4. The number of halogens is 2. The molecule has 196 valence electrons. The lowest BCUT2D eigenvalue weighted by atomic mass is 9.87. The first-order chi connectivity index (χ1) is 16.9. The molecular weight excluding hydrogens is 507 g/mol. The molecule has 1 saturated heterocycles. The van der Waals surface area contributed by atoms with E-state index in [1.54, 1.807) is 18.2 Å². The molecule has 3 rings (SSSR count). The van der Waals surface area contributed by atoms with Gasteiger partial charge in [-0.1, -0.05) is 44.0 Å². The van der Waals surface area contributed by atoms with Gasteiger partial charge in [0.05, 0.1) is 22.7 Å². The van der Waals surface area contributed by atoms with Gasteiger partial charge in [0.1, 0.15) is 17.8 Å². The van der Waals surface area contributed by atoms with E-state index < -0.39 is 35.8 Å². The molecule has 36 heavy (non-hydrogen) atoms. The third-order valence-corrected chi connectivity index (χ3v) is 6.74. The Morgan fingerprint density at radius 3 is 2.44 bits per heavy atom. The van der Waals surface area contributed by atoms with E-state index in [-0.39, 0.29) is 23.4 Å². The van der Waals surface area contributed by atoms with Crippen LogP contribution in [0.4, 0.5) is 0 Å². The van der Waals surface area contributed by atoms with E-state index in [0.717, 1.165) is 6.42 Å². The monoisotopic (exact) mass is 538 g/mol. The van der Waals surface area contributed by atoms with Crippen molar-refractivity contribution >= 4 is 57.8 Å². The number of hydrogen-bond donors (Lipinski definition) is 4. The Bertz CT molecular complexity index is 1120. The van der Waals surface area contributed by atoms with Crippen LogP contribution in [0.25, 0.3) is 10.9 Å². The number of rotatable bonds is 8. The topological polar surface area (TPSA) is 129 Å². The second kappa shape index (κ2) is 11.5. The van der Waals surface area contributed by atoms with Gasteiger partial charge in [-0.05, 0) is 49.3 Å². The van der Waals surface area contributed by atoms with Crippen molar-refractivity contribution in [1.82, 2.24) is 20.9 Å². The lowest BCUT2D eigenvalue weighted by molar-refractivity contribution is -0.146. The van der Waals surface area contributed by atoms with Crippen molar-refractivity contribution in [3.63, 3.8) is 0 Å². The minimum absolute atomic E-state index is 0.111. The zero-order valence-electron chi connectivity index (χ0n) is 20.8. The van der Waals surface area contributed by atoms with Crippen LogP contribution in [-0.2, 0) is 19.1 Å². The molecule has 2 aromatic rings. The van der Waals surface area contributed by atoms with Crippen molar-refractivity contribution < 1.29 is 23.9 Å². The van der Waals surface area contributed by atoms with Crippen LogP contribution in [0.5, 0.6) is 0 Å². The summed E-state index contributed by atoms with van der Waals surface area (Å²) in [5.74, 6) is -2.29. The van der Waals surface area contributed by atoms with E-state index in [9.17, 15) is 19.2 Å². The van der Waals surface area contributed by atoms with Crippen LogP contribution in [-0.4, -0.2) is 54.4 Å². The Balaban J connectivity index is 1.80. The van der Waals surface area contributed by atoms with Gasteiger partial charge < -0.3 is 25.7 Å². The molecule has 0 saturated carbocycles. The minimum atomic E-state index is -1.03. The fourth-order valence-electron chi connectivity index (χ4n) is 4.30. The summed E-state index contributed by atoms with van der Waals surface area (Å²) in [4.78, 5) is 54.1. The molecule has 1 fully saturated rings. The van der Waals surface area contributed by atoms with Crippen molar-refractivity contribution in [2.24, 2.45) is 11.3 Å². The second-order valence-electron chi connectivity index (χ2n) is 10.2. The summed E-state index contributed by atoms with van der Waals surface area (Å²) in [6.07, 6.45) is 1.81. The number of hydrogen-bond acceptors (Lipinski definition) is 5. The van der Waals surface area contributed by atoms with E-state index in [1.807, 2.05) is 20.8 Å². The average Bonchev–Trinajstić information content (AvgIpc) is 3.27. The van der Waals surface area contributed by atoms with E-state index >= 15 is 0 Å². The number of H-pyrrole nitrogens is 1. The Morgan fingerprint density at radius 1 is 1.14 bits per heavy atom. The highest BCUT2D eigenvalue weighted by Crippen LogP contribution is 2.30. The summed E-state index contributed by atoms with van der Waals surface area (Å²) in [6.45, 7) is 6.40. The van der Waals surface area contributed by atoms with Gasteiger partial charge in [-0.3, -0.25) is 14.4 Å². The molecule has 0 bridgehead atoms. The maximum absolute atomic E-state index is 13.3. The number of piperidine rings is 1. The van der Waals surface area contributed by atoms with Crippen LogP contribution in [0.1, 0.15) is 56.9 Å². The van der Waals surface area contributed by atoms with Gasteiger partial charge in [0.15, 0.2) is 0 Å². The predicted molar refractivity (Wildman–Crippen MR) is 138 cm³/mol. The van der Waals surface area contributed by atoms with E-state index in [2.05, 4.69) is 20.9 Å². The number of fused-ring (bicyclic) bond motifs is 1. The van der Waals surface area contributed by atoms with Crippen molar-refractivity contribution in [2.45, 2.75) is 58.5 Å². The summed E-state index contributed by atoms with van der Waals surface area (Å²) < 4.78 is 4.87. The molecule has 1 aliphatic rings. The van der Waals surface area contributed by atoms with Crippen LogP contribution in [0.2, 0.25) is 10.0 Å². The summed E-state index contributed by atoms with van der Waals surface area (Å²) in [5, 5.41) is 9.67. The summed E-state index contributed by atoms with van der Waals surface area (Å²) in [7, 11) is 1.23. The first kappa shape index (κ1) is 27.8. The number of aromatic nitrogens is 1. The van der Waals surface area contributed by atoms with Gasteiger partial charge in [-0.2, -0.15) is 0 Å². The number of nitrogens with one attached hydrogen (secondary N) is 4. The molecule has 2 heterocycles. The maximum atomic E-state index is 13.3. The summed E-state index contributed by atoms with van der Waals surface area (Å²) in [5.41, 5.74) is 0.379. The SMILES string of the molecule is COC(=O)[C@H](C[C@@H]1CCCNC1=O)NC(=O)[C@H](CC(C)(C)C)NC(=O)c1cc2c(Cl)ccc(Cl)c2[nH]1. The van der Waals surface area contributed by atoms with Gasteiger partial charge in [0.2, 0.25) is 11.8 Å². The largest absolute Gasteiger partial charge is 0.467 e. The van der Waals surface area contributed by atoms with Gasteiger partial charge in [0, 0.05) is 17.8 Å². The normalized spacial score (nSPS) is 17.7. The number of carbonyl (C=O) groups excluding carboxylic acids is 4. The molecular formula is C25H32Cl2N4O5. The third-order valence-electron chi connectivity index (χ3n) is 6.09. The van der Waals surface area contributed by atoms with Gasteiger partial charge in [-0.25, -0.2) is 4.79 Å². The fourth-order valence-corrected chi connectivity index (χ4v) is 4.73. The molecule has 0 radical (unpaired) electrons. The number of esters is 1. The highest BCUT2D eigenvalue weighted by Gasteiger charge is 2.34. The highest BCUT2D eigenvalue weighted by molar-refractivity contribution is 6.40. The first-order valence-corrected chi connectivity index (χ1v) is 12.6. The van der Waals surface area contributed by atoms with Crippen molar-refractivity contribution in [1.29, 1.82) is 0 Å². The molecule has 0 spiro atoms. The summed E-state index contributed by atoms with van der Waals surface area (Å²) in [6, 6.07) is 2.85. The standard InChI is InChI=1S/C25H32Cl2N4O5/c1-25(2,3)12-19(31-22(33)17-11-14-15(26)7-8-16(27)20(14)29-17)23(34)30-18(24(35)36-4)10-13-6-5-9-28-21(13)32/h7-8,11,13,18-19,29H,5-6,9-10,12H2,1-4H3,(H,28,32)(H,30,34)(H,31,33)/t13-,18-,19-/m0/s1. The average molecular weight is 539 g/mol. The predicted octanol–water partition coefficient (Wildman–Crippen LogP) is 3.58. The zero-order chi connectivity index (χ0) is 26.6. The molecule has 1 aromatic carbocycles. The van der Waals surface area contributed by atoms with Gasteiger partial charge in [-0.15, -0.1) is 0 Å². The number of amides is 3. The molecule has 4 N–H and O–H groups in total. The van der Waals surface area contributed by atoms with E-state index in [1.165, 1.54) is 7.11 Å². The third kappa shape index (κ3) is 6.91. The van der Waals surface area contributed by atoms with Crippen molar-refractivity contribution in [3.05, 3.63) is 33.9 Å². The van der Waals surface area contributed by atoms with Gasteiger partial charge >= 0.3 is 5.97 Å². The second-order valence-corrected chi connectivity index (χ2v) is 11.1. The molecule has 3 amide bonds. The Labute approximate surface area is 220 Å². The number of methoxy groups -OCH3 is 1. The summed E-state index contributed by atoms with van der Waals surface area (Å²) >= 11 is 12.5. The van der Waals surface area contributed by atoms with Crippen LogP contribution in [0.3, 0.4) is 0 Å². The van der Waals surface area contributed by atoms with E-state index in [0.29, 0.717) is 40.3 Å². The van der Waals surface area contributed by atoms with Crippen LogP contribution in [0, 0.1) is 11.3 Å². The first-order valence-electron chi connectivity index (χ1n) is 11.8. The van der Waals surface area contributed by atoms with Crippen molar-refractivity contribution in [3.8, 4) is 0 Å². The molecule has 1 aliphatic heterocycles. The number of ether oxygens (including phenoxy) is 1. The van der Waals surface area contributed by atoms with Crippen molar-refractivity contribution in [2.75, 3.05) is 13.7 Å².